The summed E-state index contributed by atoms with van der Waals surface area (Å²) in [6.07, 6.45) is 3.21. The van der Waals surface area contributed by atoms with Crippen LogP contribution in [-0.4, -0.2) is 28.8 Å². The standard InChI is InChI=1S/C7H10N4O2/c1-8-6(12)7(13)11-4-5-9-2-3-10-5/h2-3H,4H2,1H3,(H,8,12)(H,9,10)(H,11,13). The first-order chi connectivity index (χ1) is 6.24. The fourth-order valence-electron chi connectivity index (χ4n) is 0.752. The molecule has 1 aromatic heterocycles. The molecule has 0 spiro atoms. The molecule has 0 saturated heterocycles. The third-order valence-electron chi connectivity index (χ3n) is 1.40. The number of rotatable bonds is 2. The van der Waals surface area contributed by atoms with Gasteiger partial charge in [0.2, 0.25) is 0 Å². The Morgan fingerprint density at radius 2 is 2.31 bits per heavy atom. The Kier molecular flexibility index (Phi) is 3.02. The molecular formula is C7H10N4O2. The maximum atomic E-state index is 10.9. The minimum absolute atomic E-state index is 0.221. The molecule has 6 nitrogen and oxygen atoms in total. The largest absolute Gasteiger partial charge is 0.351 e. The Morgan fingerprint density at radius 3 is 2.85 bits per heavy atom. The third-order valence-corrected chi connectivity index (χ3v) is 1.40. The van der Waals surface area contributed by atoms with Crippen molar-refractivity contribution in [2.24, 2.45) is 0 Å². The van der Waals surface area contributed by atoms with Crippen molar-refractivity contribution in [3.63, 3.8) is 0 Å². The number of amides is 2. The number of hydrogen-bond donors (Lipinski definition) is 3. The van der Waals surface area contributed by atoms with Crippen molar-refractivity contribution in [2.75, 3.05) is 7.05 Å². The van der Waals surface area contributed by atoms with Crippen LogP contribution in [0.15, 0.2) is 12.4 Å². The Bertz CT molecular complexity index is 293. The lowest BCUT2D eigenvalue weighted by atomic mass is 10.5. The number of nitrogens with zero attached hydrogens (tertiary/aromatic N) is 1. The van der Waals surface area contributed by atoms with Crippen molar-refractivity contribution in [1.29, 1.82) is 0 Å². The van der Waals surface area contributed by atoms with E-state index in [2.05, 4.69) is 20.6 Å². The first-order valence-corrected chi connectivity index (χ1v) is 3.72. The highest BCUT2D eigenvalue weighted by Gasteiger charge is 2.10. The Hall–Kier alpha value is -1.85. The van der Waals surface area contributed by atoms with Gasteiger partial charge in [0.1, 0.15) is 5.82 Å². The number of H-pyrrole nitrogens is 1. The van der Waals surface area contributed by atoms with Crippen LogP contribution in [0.4, 0.5) is 0 Å². The number of imidazole rings is 1. The Labute approximate surface area is 74.7 Å². The highest BCUT2D eigenvalue weighted by atomic mass is 16.2. The van der Waals surface area contributed by atoms with Crippen molar-refractivity contribution >= 4 is 11.8 Å². The third kappa shape index (κ3) is 2.58. The lowest BCUT2D eigenvalue weighted by Crippen LogP contribution is -2.37. The van der Waals surface area contributed by atoms with E-state index in [1.807, 2.05) is 0 Å². The fourth-order valence-corrected chi connectivity index (χ4v) is 0.752. The van der Waals surface area contributed by atoms with Gasteiger partial charge in [0.05, 0.1) is 6.54 Å². The smallest absolute Gasteiger partial charge is 0.309 e. The number of nitrogens with one attached hydrogen (secondary N) is 3. The van der Waals surface area contributed by atoms with E-state index in [-0.39, 0.29) is 6.54 Å². The summed E-state index contributed by atoms with van der Waals surface area (Å²) < 4.78 is 0. The normalized spacial score (nSPS) is 9.31. The van der Waals surface area contributed by atoms with Crippen LogP contribution >= 0.6 is 0 Å². The molecule has 70 valence electrons. The van der Waals surface area contributed by atoms with E-state index in [0.717, 1.165) is 0 Å². The summed E-state index contributed by atoms with van der Waals surface area (Å²) in [5.74, 6) is -0.720. The highest BCUT2D eigenvalue weighted by molar-refractivity contribution is 6.34. The first kappa shape index (κ1) is 9.24. The molecule has 1 aromatic rings. The molecule has 0 fully saturated rings. The van der Waals surface area contributed by atoms with Crippen molar-refractivity contribution in [2.45, 2.75) is 6.54 Å². The van der Waals surface area contributed by atoms with Gasteiger partial charge in [-0.1, -0.05) is 0 Å². The molecule has 3 N–H and O–H groups in total. The maximum Gasteiger partial charge on any atom is 0.309 e. The number of aromatic amines is 1. The van der Waals surface area contributed by atoms with Crippen LogP contribution in [0.3, 0.4) is 0 Å². The van der Waals surface area contributed by atoms with Gasteiger partial charge in [0.15, 0.2) is 0 Å². The summed E-state index contributed by atoms with van der Waals surface area (Å²) in [6.45, 7) is 0.221. The number of carbonyl (C=O) groups is 2. The Balaban J connectivity index is 2.35. The molecule has 0 saturated carbocycles. The van der Waals surface area contributed by atoms with Gasteiger partial charge >= 0.3 is 11.8 Å². The van der Waals surface area contributed by atoms with Gasteiger partial charge in [-0.25, -0.2) is 4.98 Å². The van der Waals surface area contributed by atoms with Gasteiger partial charge < -0.3 is 15.6 Å². The summed E-state index contributed by atoms with van der Waals surface area (Å²) in [5, 5.41) is 4.60. The van der Waals surface area contributed by atoms with E-state index < -0.39 is 11.8 Å². The van der Waals surface area contributed by atoms with E-state index in [1.54, 1.807) is 12.4 Å². The van der Waals surface area contributed by atoms with Crippen molar-refractivity contribution < 1.29 is 9.59 Å². The minimum atomic E-state index is -0.668. The van der Waals surface area contributed by atoms with Gasteiger partial charge in [0.25, 0.3) is 0 Å². The number of carbonyl (C=O) groups excluding carboxylic acids is 2. The number of aromatic nitrogens is 2. The molecule has 13 heavy (non-hydrogen) atoms. The molecule has 0 bridgehead atoms. The lowest BCUT2D eigenvalue weighted by molar-refractivity contribution is -0.139. The number of likely N-dealkylation sites (N-methyl/N-ethyl adjacent to an activating group) is 1. The monoisotopic (exact) mass is 182 g/mol. The molecule has 2 amide bonds. The molecule has 0 unspecified atom stereocenters. The maximum absolute atomic E-state index is 10.9. The number of hydrogen-bond acceptors (Lipinski definition) is 3. The summed E-state index contributed by atoms with van der Waals surface area (Å²) >= 11 is 0. The first-order valence-electron chi connectivity index (χ1n) is 3.72. The van der Waals surface area contributed by atoms with E-state index >= 15 is 0 Å². The van der Waals surface area contributed by atoms with Crippen LogP contribution in [0.1, 0.15) is 5.82 Å². The molecular weight excluding hydrogens is 172 g/mol. The molecule has 6 heteroatoms. The van der Waals surface area contributed by atoms with Gasteiger partial charge in [-0.3, -0.25) is 9.59 Å². The molecule has 1 rings (SSSR count). The van der Waals surface area contributed by atoms with E-state index in [1.165, 1.54) is 7.05 Å². The summed E-state index contributed by atoms with van der Waals surface area (Å²) in [7, 11) is 1.40. The average molecular weight is 182 g/mol. The SMILES string of the molecule is CNC(=O)C(=O)NCc1ncc[nH]1. The summed E-state index contributed by atoms with van der Waals surface area (Å²) in [6, 6.07) is 0. The highest BCUT2D eigenvalue weighted by Crippen LogP contribution is 1.85. The summed E-state index contributed by atoms with van der Waals surface area (Å²) in [4.78, 5) is 28.3. The molecule has 0 aliphatic carbocycles. The second kappa shape index (κ2) is 4.24. The molecule has 0 aliphatic heterocycles. The fraction of sp³-hybridized carbons (Fsp3) is 0.286. The van der Waals surface area contributed by atoms with E-state index in [0.29, 0.717) is 5.82 Å². The van der Waals surface area contributed by atoms with Crippen molar-refractivity contribution in [1.82, 2.24) is 20.6 Å². The zero-order valence-corrected chi connectivity index (χ0v) is 7.13. The minimum Gasteiger partial charge on any atom is -0.351 e. The van der Waals surface area contributed by atoms with Gasteiger partial charge in [-0.05, 0) is 0 Å². The second-order valence-electron chi connectivity index (χ2n) is 2.30. The Morgan fingerprint density at radius 1 is 1.54 bits per heavy atom. The molecule has 0 aliphatic rings. The van der Waals surface area contributed by atoms with Gasteiger partial charge in [0, 0.05) is 19.4 Å². The molecule has 1 heterocycles. The van der Waals surface area contributed by atoms with Crippen LogP contribution in [0.25, 0.3) is 0 Å². The van der Waals surface area contributed by atoms with Crippen LogP contribution < -0.4 is 10.6 Å². The van der Waals surface area contributed by atoms with Gasteiger partial charge in [-0.15, -0.1) is 0 Å². The van der Waals surface area contributed by atoms with Crippen LogP contribution in [-0.2, 0) is 16.1 Å². The van der Waals surface area contributed by atoms with E-state index in [9.17, 15) is 9.59 Å². The van der Waals surface area contributed by atoms with Crippen LogP contribution in [0.5, 0.6) is 0 Å². The average Bonchev–Trinajstić information content (AvgIpc) is 2.65. The molecule has 0 aromatic carbocycles. The second-order valence-corrected chi connectivity index (χ2v) is 2.30. The predicted molar refractivity (Wildman–Crippen MR) is 44.5 cm³/mol. The van der Waals surface area contributed by atoms with Crippen molar-refractivity contribution in [3.8, 4) is 0 Å². The molecule has 0 radical (unpaired) electrons. The molecule has 0 atom stereocenters. The van der Waals surface area contributed by atoms with Crippen molar-refractivity contribution in [3.05, 3.63) is 18.2 Å². The lowest BCUT2D eigenvalue weighted by Gasteiger charge is -2.00. The summed E-state index contributed by atoms with van der Waals surface area (Å²) in [5.41, 5.74) is 0. The van der Waals surface area contributed by atoms with Crippen LogP contribution in [0, 0.1) is 0 Å². The van der Waals surface area contributed by atoms with E-state index in [4.69, 9.17) is 0 Å². The van der Waals surface area contributed by atoms with Crippen LogP contribution in [0.2, 0.25) is 0 Å². The zero-order chi connectivity index (χ0) is 9.68. The van der Waals surface area contributed by atoms with Gasteiger partial charge in [-0.2, -0.15) is 0 Å². The zero-order valence-electron chi connectivity index (χ0n) is 7.13. The topological polar surface area (TPSA) is 86.9 Å². The quantitative estimate of drug-likeness (QED) is 0.500. The predicted octanol–water partition coefficient (Wildman–Crippen LogP) is -1.23.